The van der Waals surface area contributed by atoms with Crippen molar-refractivity contribution >= 4 is 41.5 Å². The summed E-state index contributed by atoms with van der Waals surface area (Å²) in [5.74, 6) is 0.464. The van der Waals surface area contributed by atoms with Gasteiger partial charge < -0.3 is 20.4 Å². The van der Waals surface area contributed by atoms with Gasteiger partial charge in [0.15, 0.2) is 5.96 Å². The summed E-state index contributed by atoms with van der Waals surface area (Å²) in [7, 11) is 3.62. The number of piperazine rings is 1. The Morgan fingerprint density at radius 3 is 2.25 bits per heavy atom. The highest BCUT2D eigenvalue weighted by Crippen LogP contribution is 2.39. The number of guanidine groups is 1. The van der Waals surface area contributed by atoms with Gasteiger partial charge >= 0.3 is 0 Å². The number of carbonyl (C=O) groups excluding carboxylic acids is 1. The number of anilines is 1. The molecule has 1 amide bonds. The molecule has 0 aromatic heterocycles. The minimum Gasteiger partial charge on any atom is -0.370 e. The number of rotatable bonds is 4. The van der Waals surface area contributed by atoms with Crippen LogP contribution in [0.5, 0.6) is 0 Å². The number of benzene rings is 1. The van der Waals surface area contributed by atoms with Crippen molar-refractivity contribution in [1.82, 2.24) is 9.80 Å². The van der Waals surface area contributed by atoms with Crippen molar-refractivity contribution in [1.29, 1.82) is 0 Å². The van der Waals surface area contributed by atoms with E-state index in [1.165, 1.54) is 12.1 Å². The molecule has 1 saturated heterocycles. The van der Waals surface area contributed by atoms with E-state index in [0.29, 0.717) is 12.5 Å². The Bertz CT molecular complexity index is 680. The van der Waals surface area contributed by atoms with Gasteiger partial charge in [-0.05, 0) is 37.1 Å². The Hall–Kier alpha value is -1.58. The molecule has 0 bridgehead atoms. The summed E-state index contributed by atoms with van der Waals surface area (Å²) < 4.78 is 13.1. The molecule has 6 nitrogen and oxygen atoms in total. The number of aliphatic imine (C=N–C) groups is 1. The molecule has 1 aliphatic heterocycles. The molecule has 0 spiro atoms. The third-order valence-corrected chi connectivity index (χ3v) is 5.76. The molecule has 1 aromatic carbocycles. The van der Waals surface area contributed by atoms with Gasteiger partial charge in [-0.1, -0.05) is 12.8 Å². The van der Waals surface area contributed by atoms with Gasteiger partial charge in [-0.25, -0.2) is 4.39 Å². The first-order chi connectivity index (χ1) is 12.9. The molecule has 2 N–H and O–H groups in total. The smallest absolute Gasteiger partial charge is 0.230 e. The lowest BCUT2D eigenvalue weighted by Crippen LogP contribution is -2.51. The predicted octanol–water partition coefficient (Wildman–Crippen LogP) is 2.53. The van der Waals surface area contributed by atoms with Crippen molar-refractivity contribution in [3.63, 3.8) is 0 Å². The molecular formula is C20H31FIN5O. The molecular weight excluding hydrogens is 472 g/mol. The third-order valence-electron chi connectivity index (χ3n) is 5.76. The molecule has 1 heterocycles. The Morgan fingerprint density at radius 2 is 1.71 bits per heavy atom. The number of carbonyl (C=O) groups is 1. The molecule has 2 aliphatic rings. The number of amides is 1. The van der Waals surface area contributed by atoms with Crippen LogP contribution in [0.1, 0.15) is 25.7 Å². The fourth-order valence-electron chi connectivity index (χ4n) is 4.14. The maximum Gasteiger partial charge on any atom is 0.230 e. The summed E-state index contributed by atoms with van der Waals surface area (Å²) >= 11 is 0. The average molecular weight is 503 g/mol. The van der Waals surface area contributed by atoms with Crippen LogP contribution in [-0.2, 0) is 4.79 Å². The van der Waals surface area contributed by atoms with Crippen LogP contribution >= 0.6 is 24.0 Å². The second kappa shape index (κ2) is 9.76. The van der Waals surface area contributed by atoms with E-state index in [-0.39, 0.29) is 41.1 Å². The normalized spacial score (nSPS) is 19.3. The molecule has 28 heavy (non-hydrogen) atoms. The Labute approximate surface area is 184 Å². The van der Waals surface area contributed by atoms with Crippen LogP contribution in [0.3, 0.4) is 0 Å². The van der Waals surface area contributed by atoms with Gasteiger partial charge in [0.2, 0.25) is 5.91 Å². The van der Waals surface area contributed by atoms with Crippen LogP contribution in [0, 0.1) is 11.2 Å². The maximum absolute atomic E-state index is 13.1. The van der Waals surface area contributed by atoms with E-state index in [9.17, 15) is 9.18 Å². The first-order valence-corrected chi connectivity index (χ1v) is 9.68. The van der Waals surface area contributed by atoms with E-state index in [4.69, 9.17) is 5.73 Å². The summed E-state index contributed by atoms with van der Waals surface area (Å²) in [4.78, 5) is 23.2. The zero-order valence-corrected chi connectivity index (χ0v) is 19.1. The average Bonchev–Trinajstić information content (AvgIpc) is 3.16. The number of hydrogen-bond acceptors (Lipinski definition) is 3. The number of hydrogen-bond donors (Lipinski definition) is 1. The molecule has 2 fully saturated rings. The van der Waals surface area contributed by atoms with Crippen LogP contribution < -0.4 is 10.6 Å². The van der Waals surface area contributed by atoms with Crippen molar-refractivity contribution in [2.45, 2.75) is 25.7 Å². The molecule has 3 rings (SSSR count). The first-order valence-electron chi connectivity index (χ1n) is 9.68. The van der Waals surface area contributed by atoms with Crippen molar-refractivity contribution in [3.05, 3.63) is 30.1 Å². The number of nitrogens with zero attached hydrogens (tertiary/aromatic N) is 4. The van der Waals surface area contributed by atoms with Gasteiger partial charge in [0, 0.05) is 46.0 Å². The van der Waals surface area contributed by atoms with Crippen LogP contribution in [0.15, 0.2) is 29.3 Å². The monoisotopic (exact) mass is 503 g/mol. The topological polar surface area (TPSA) is 65.2 Å². The molecule has 1 aliphatic carbocycles. The van der Waals surface area contributed by atoms with E-state index in [1.54, 1.807) is 17.0 Å². The van der Waals surface area contributed by atoms with Crippen LogP contribution in [0.4, 0.5) is 10.1 Å². The standard InChI is InChI=1S/C20H30FN5O.HI/c1-24(2)18(27)20(9-3-4-10-20)15-23-19(22)26-13-11-25(12-14-26)17-7-5-16(21)6-8-17;/h5-8H,3-4,9-15H2,1-2H3,(H2,22,23);1H. The van der Waals surface area contributed by atoms with Crippen molar-refractivity contribution in [2.24, 2.45) is 16.1 Å². The second-order valence-electron chi connectivity index (χ2n) is 7.81. The second-order valence-corrected chi connectivity index (χ2v) is 7.81. The summed E-state index contributed by atoms with van der Waals surface area (Å²) in [6, 6.07) is 6.58. The van der Waals surface area contributed by atoms with Gasteiger partial charge in [0.1, 0.15) is 5.82 Å². The van der Waals surface area contributed by atoms with Crippen LogP contribution in [0.25, 0.3) is 0 Å². The first kappa shape index (κ1) is 22.7. The Balaban J connectivity index is 0.00000280. The highest BCUT2D eigenvalue weighted by Gasteiger charge is 2.42. The largest absolute Gasteiger partial charge is 0.370 e. The van der Waals surface area contributed by atoms with E-state index in [0.717, 1.165) is 57.5 Å². The Kier molecular flexibility index (Phi) is 7.91. The SMILES string of the molecule is CN(C)C(=O)C1(CN=C(N)N2CCN(c3ccc(F)cc3)CC2)CCCC1.I. The molecule has 0 atom stereocenters. The highest BCUT2D eigenvalue weighted by molar-refractivity contribution is 14.0. The predicted molar refractivity (Wildman–Crippen MR) is 122 cm³/mol. The van der Waals surface area contributed by atoms with Crippen molar-refractivity contribution < 1.29 is 9.18 Å². The van der Waals surface area contributed by atoms with Crippen molar-refractivity contribution in [3.8, 4) is 0 Å². The minimum absolute atomic E-state index is 0. The van der Waals surface area contributed by atoms with Gasteiger partial charge in [-0.15, -0.1) is 24.0 Å². The summed E-state index contributed by atoms with van der Waals surface area (Å²) in [5.41, 5.74) is 6.89. The maximum atomic E-state index is 13.1. The van der Waals surface area contributed by atoms with Gasteiger partial charge in [-0.2, -0.15) is 0 Å². The Morgan fingerprint density at radius 1 is 1.14 bits per heavy atom. The lowest BCUT2D eigenvalue weighted by atomic mass is 9.85. The molecule has 1 aromatic rings. The highest BCUT2D eigenvalue weighted by atomic mass is 127. The molecule has 156 valence electrons. The molecule has 0 radical (unpaired) electrons. The van der Waals surface area contributed by atoms with Crippen LogP contribution in [-0.4, -0.2) is 68.5 Å². The van der Waals surface area contributed by atoms with E-state index < -0.39 is 0 Å². The zero-order valence-electron chi connectivity index (χ0n) is 16.7. The fraction of sp³-hybridized carbons (Fsp3) is 0.600. The zero-order chi connectivity index (χ0) is 19.4. The number of halogens is 2. The summed E-state index contributed by atoms with van der Waals surface area (Å²) in [5, 5.41) is 0. The quantitative estimate of drug-likeness (QED) is 0.390. The summed E-state index contributed by atoms with van der Waals surface area (Å²) in [6.45, 7) is 3.62. The minimum atomic E-state index is -0.385. The lowest BCUT2D eigenvalue weighted by molar-refractivity contribution is -0.138. The molecule has 8 heteroatoms. The van der Waals surface area contributed by atoms with E-state index >= 15 is 0 Å². The summed E-state index contributed by atoms with van der Waals surface area (Å²) in [6.07, 6.45) is 3.93. The van der Waals surface area contributed by atoms with Gasteiger partial charge in [-0.3, -0.25) is 9.79 Å². The van der Waals surface area contributed by atoms with Gasteiger partial charge in [0.05, 0.1) is 12.0 Å². The number of nitrogens with two attached hydrogens (primary N) is 1. The lowest BCUT2D eigenvalue weighted by Gasteiger charge is -2.37. The third kappa shape index (κ3) is 5.07. The fourth-order valence-corrected chi connectivity index (χ4v) is 4.14. The van der Waals surface area contributed by atoms with Gasteiger partial charge in [0.25, 0.3) is 0 Å². The van der Waals surface area contributed by atoms with E-state index in [2.05, 4.69) is 14.8 Å². The molecule has 1 saturated carbocycles. The van der Waals surface area contributed by atoms with Crippen molar-refractivity contribution in [2.75, 3.05) is 51.7 Å². The van der Waals surface area contributed by atoms with E-state index in [1.807, 2.05) is 14.1 Å². The van der Waals surface area contributed by atoms with Crippen LogP contribution in [0.2, 0.25) is 0 Å². The molecule has 0 unspecified atom stereocenters.